The third-order valence-electron chi connectivity index (χ3n) is 17.6. The number of para-hydroxylation sites is 1. The predicted molar refractivity (Wildman–Crippen MR) is 364 cm³/mol. The van der Waals surface area contributed by atoms with E-state index >= 15 is 0 Å². The minimum absolute atomic E-state index is 0.00499. The highest BCUT2D eigenvalue weighted by Crippen LogP contribution is 2.23. The van der Waals surface area contributed by atoms with E-state index in [0.717, 1.165) is 55.0 Å². The SMILES string of the molecule is CC(=O)CN[C@]1(C)CCCCCCCC/C=C/CCC[C@@](C)(C(=O)NC(C)C(=O)N[C@@H](C)C(=O)NC(C)C(=O)N[C@@H](C)C(=O)C(=O)[C@H](C)NCC(C)(C)C(N)=O)NC(=O)[C@H](CC(C)C)CN[C@@H](CCC(N)=O)C(=O)C(=O)C(C)NC(=O)[C@H](Cc2c[nH]c3ccccc23)NCC1=O. The van der Waals surface area contributed by atoms with E-state index in [4.69, 9.17) is 11.5 Å². The first kappa shape index (κ1) is 82.4. The second-order valence-corrected chi connectivity index (χ2v) is 27.4. The fraction of sp³-hybridized carbons (Fsp3) is 0.652. The van der Waals surface area contributed by atoms with E-state index in [9.17, 15) is 67.1 Å². The molecule has 27 heteroatoms. The van der Waals surface area contributed by atoms with Gasteiger partial charge >= 0.3 is 0 Å². The van der Waals surface area contributed by atoms with Crippen LogP contribution < -0.4 is 64.6 Å². The molecule has 2 heterocycles. The highest BCUT2D eigenvalue weighted by atomic mass is 16.2. The number of nitrogens with two attached hydrogens (primary N) is 2. The van der Waals surface area contributed by atoms with Crippen LogP contribution in [-0.4, -0.2) is 173 Å². The van der Waals surface area contributed by atoms with Gasteiger partial charge in [0.2, 0.25) is 70.4 Å². The normalized spacial score (nSPS) is 23.5. The number of hydrogen-bond acceptors (Lipinski definition) is 18. The van der Waals surface area contributed by atoms with Crippen molar-refractivity contribution in [2.75, 3.05) is 26.2 Å². The summed E-state index contributed by atoms with van der Waals surface area (Å²) in [5, 5.41) is 28.6. The molecule has 8 amide bonds. The minimum Gasteiger partial charge on any atom is -0.370 e. The Morgan fingerprint density at radius 3 is 1.82 bits per heavy atom. The summed E-state index contributed by atoms with van der Waals surface area (Å²) >= 11 is 0. The summed E-state index contributed by atoms with van der Waals surface area (Å²) in [5.41, 5.74) is 8.70. The molecule has 96 heavy (non-hydrogen) atoms. The van der Waals surface area contributed by atoms with Gasteiger partial charge in [-0.1, -0.05) is 76.3 Å². The summed E-state index contributed by atoms with van der Waals surface area (Å²) in [6.45, 7) is 19.1. The maximum Gasteiger partial charge on any atom is 0.246 e. The number of fused-ring (bicyclic) bond motifs is 1. The van der Waals surface area contributed by atoms with Crippen LogP contribution in [0.25, 0.3) is 10.9 Å². The summed E-state index contributed by atoms with van der Waals surface area (Å²) in [6.07, 6.45) is 12.9. The first-order valence-corrected chi connectivity index (χ1v) is 33.7. The molecule has 3 rings (SSSR count). The van der Waals surface area contributed by atoms with Crippen LogP contribution in [0.15, 0.2) is 42.6 Å². The number of primary amides is 2. The van der Waals surface area contributed by atoms with Crippen LogP contribution in [0.3, 0.4) is 0 Å². The molecule has 0 fully saturated rings. The number of hydrogen-bond donors (Lipinski definition) is 13. The first-order valence-electron chi connectivity index (χ1n) is 33.7. The number of Topliss-reactive ketones (excluding diaryl/α,β-unsaturated/α-hetero) is 6. The first-order chi connectivity index (χ1) is 44.9. The molecule has 11 atom stereocenters. The van der Waals surface area contributed by atoms with Crippen molar-refractivity contribution in [3.05, 3.63) is 48.2 Å². The highest BCUT2D eigenvalue weighted by molar-refractivity contribution is 6.41. The van der Waals surface area contributed by atoms with Gasteiger partial charge in [-0.15, -0.1) is 0 Å². The zero-order chi connectivity index (χ0) is 72.3. The number of benzene rings is 1. The van der Waals surface area contributed by atoms with Crippen molar-refractivity contribution in [2.24, 2.45) is 28.7 Å². The lowest BCUT2D eigenvalue weighted by atomic mass is 9.88. The van der Waals surface area contributed by atoms with E-state index < -0.39 is 141 Å². The van der Waals surface area contributed by atoms with Crippen molar-refractivity contribution >= 4 is 92.9 Å². The van der Waals surface area contributed by atoms with Crippen LogP contribution in [0, 0.1) is 17.3 Å². The smallest absolute Gasteiger partial charge is 0.246 e. The lowest BCUT2D eigenvalue weighted by molar-refractivity contribution is -0.140. The van der Waals surface area contributed by atoms with Crippen LogP contribution in [-0.2, 0) is 73.5 Å². The molecule has 1 aliphatic rings. The monoisotopic (exact) mass is 1340 g/mol. The Hall–Kier alpha value is -7.88. The van der Waals surface area contributed by atoms with Crippen molar-refractivity contribution in [1.82, 2.24) is 58.2 Å². The molecule has 0 saturated heterocycles. The van der Waals surface area contributed by atoms with Gasteiger partial charge < -0.3 is 59.0 Å². The van der Waals surface area contributed by atoms with Crippen LogP contribution in [0.1, 0.15) is 185 Å². The molecular formula is C69H109N13O14. The molecule has 3 unspecified atom stereocenters. The van der Waals surface area contributed by atoms with E-state index in [1.807, 2.05) is 44.2 Å². The van der Waals surface area contributed by atoms with Gasteiger partial charge in [-0.2, -0.15) is 0 Å². The van der Waals surface area contributed by atoms with Gasteiger partial charge in [-0.05, 0) is 151 Å². The molecule has 27 nitrogen and oxygen atoms in total. The van der Waals surface area contributed by atoms with E-state index in [2.05, 4.69) is 64.2 Å². The van der Waals surface area contributed by atoms with Gasteiger partial charge in [0.05, 0.1) is 60.2 Å². The molecule has 2 aromatic rings. The van der Waals surface area contributed by atoms with Crippen molar-refractivity contribution in [2.45, 2.75) is 246 Å². The number of rotatable bonds is 25. The average molecular weight is 1340 g/mol. The van der Waals surface area contributed by atoms with Crippen molar-refractivity contribution < 1.29 is 67.1 Å². The molecule has 0 bridgehead atoms. The Labute approximate surface area is 564 Å². The van der Waals surface area contributed by atoms with Crippen LogP contribution >= 0.6 is 0 Å². The lowest BCUT2D eigenvalue weighted by Gasteiger charge is -2.33. The molecular weight excluding hydrogens is 1230 g/mol. The maximum atomic E-state index is 14.7. The van der Waals surface area contributed by atoms with E-state index in [1.165, 1.54) is 55.4 Å². The Bertz CT molecular complexity index is 3110. The number of carbonyl (C=O) groups is 14. The van der Waals surface area contributed by atoms with E-state index in [0.29, 0.717) is 25.7 Å². The highest BCUT2D eigenvalue weighted by Gasteiger charge is 2.40. The molecule has 0 radical (unpaired) electrons. The quantitative estimate of drug-likeness (QED) is 0.0500. The second-order valence-electron chi connectivity index (χ2n) is 27.4. The average Bonchev–Trinajstić information content (AvgIpc) is 1.48. The largest absolute Gasteiger partial charge is 0.370 e. The van der Waals surface area contributed by atoms with Gasteiger partial charge in [0.1, 0.15) is 29.4 Å². The Balaban J connectivity index is 1.89. The van der Waals surface area contributed by atoms with Crippen molar-refractivity contribution in [3.8, 4) is 0 Å². The second kappa shape index (κ2) is 39.4. The Kier molecular flexibility index (Phi) is 33.8. The van der Waals surface area contributed by atoms with E-state index in [-0.39, 0.29) is 75.8 Å². The van der Waals surface area contributed by atoms with Gasteiger partial charge in [-0.25, -0.2) is 0 Å². The lowest BCUT2D eigenvalue weighted by Crippen LogP contribution is -2.62. The zero-order valence-electron chi connectivity index (χ0n) is 58.6. The summed E-state index contributed by atoms with van der Waals surface area (Å²) in [5.74, 6) is -11.2. The zero-order valence-corrected chi connectivity index (χ0v) is 58.6. The van der Waals surface area contributed by atoms with Crippen LogP contribution in [0.5, 0.6) is 0 Å². The third kappa shape index (κ3) is 27.0. The van der Waals surface area contributed by atoms with Gasteiger partial charge in [-0.3, -0.25) is 77.8 Å². The maximum absolute atomic E-state index is 14.7. The predicted octanol–water partition coefficient (Wildman–Crippen LogP) is 2.09. The number of allylic oxidation sites excluding steroid dienone is 2. The fourth-order valence-electron chi connectivity index (χ4n) is 10.9. The van der Waals surface area contributed by atoms with Crippen molar-refractivity contribution in [1.29, 1.82) is 0 Å². The van der Waals surface area contributed by atoms with E-state index in [1.54, 1.807) is 27.0 Å². The molecule has 0 saturated carbocycles. The number of ketones is 6. The Morgan fingerprint density at radius 1 is 0.667 bits per heavy atom. The summed E-state index contributed by atoms with van der Waals surface area (Å²) in [6, 6.07) is -2.56. The molecule has 1 aromatic heterocycles. The molecule has 0 spiro atoms. The third-order valence-corrected chi connectivity index (χ3v) is 17.6. The summed E-state index contributed by atoms with van der Waals surface area (Å²) in [4.78, 5) is 192. The molecule has 1 aromatic carbocycles. The number of carbonyl (C=O) groups excluding carboxylic acids is 14. The standard InChI is InChI=1S/C69H109N13O14/c1-40(2)33-49-37-73-52(29-30-55(70)85)59(89)58(88)44(6)78-64(94)53(34-48-36-72-51-28-24-23-27-50(48)51)74-38-54(84)68(12,76-35-41(3)83)31-25-21-19-17-15-14-16-18-20-22-26-32-69(13,82-63(49)93)66(96)81-47(9)62(92)80-46(8)61(91)79-45(7)60(90)77-43(5)57(87)56(86)42(4)75-39-67(10,11)65(71)95/h18,20,23-24,27-28,36,40,42-47,49,52-53,72-76H,14-17,19,21-22,25-26,29-35,37-39H2,1-13H3,(H2,70,85)(H2,71,95)(H,77,90)(H,78,94)(H,79,91)(H,80,92)(H,81,96)(H,82,93)/b20-18+/t42-,43-,44?,45?,46-,47?,49+,52-,53-,68+,69-/m0/s1. The Morgan fingerprint density at radius 2 is 1.23 bits per heavy atom. The topological polar surface area (TPSA) is 427 Å². The molecule has 15 N–H and O–H groups in total. The summed E-state index contributed by atoms with van der Waals surface area (Å²) in [7, 11) is 0. The van der Waals surface area contributed by atoms with Gasteiger partial charge in [0.25, 0.3) is 0 Å². The molecule has 0 aliphatic carbocycles. The molecule has 1 aliphatic heterocycles. The minimum atomic E-state index is -1.67. The van der Waals surface area contributed by atoms with Gasteiger partial charge in [0.15, 0.2) is 5.78 Å². The number of amides is 8. The van der Waals surface area contributed by atoms with Crippen molar-refractivity contribution in [3.63, 3.8) is 0 Å². The van der Waals surface area contributed by atoms with Gasteiger partial charge in [0, 0.05) is 36.6 Å². The number of aromatic amines is 1. The summed E-state index contributed by atoms with van der Waals surface area (Å²) < 4.78 is 0. The molecule has 534 valence electrons. The number of nitrogens with one attached hydrogen (secondary N) is 11. The number of aromatic nitrogens is 1. The number of H-pyrrole nitrogens is 1. The fourth-order valence-corrected chi connectivity index (χ4v) is 10.9. The van der Waals surface area contributed by atoms with Crippen LogP contribution in [0.4, 0.5) is 0 Å². The van der Waals surface area contributed by atoms with Crippen LogP contribution in [0.2, 0.25) is 0 Å².